The molecule has 8 nitrogen and oxygen atoms in total. The first-order chi connectivity index (χ1) is 9.37. The maximum atomic E-state index is 10.9. The first-order valence-corrected chi connectivity index (χ1v) is 7.77. The quantitative estimate of drug-likeness (QED) is 0.729. The van der Waals surface area contributed by atoms with Crippen LogP contribution in [0.4, 0.5) is 0 Å². The van der Waals surface area contributed by atoms with Gasteiger partial charge in [-0.25, -0.2) is 22.6 Å². The molecule has 0 atom stereocenters. The normalized spacial score (nSPS) is 11.8. The van der Waals surface area contributed by atoms with Crippen molar-refractivity contribution in [2.45, 2.75) is 13.0 Å². The highest BCUT2D eigenvalue weighted by Crippen LogP contribution is 2.13. The Kier molecular flexibility index (Phi) is 4.00. The average molecular weight is 298 g/mol. The topological polar surface area (TPSA) is 114 Å². The fourth-order valence-corrected chi connectivity index (χ4v) is 2.26. The molecule has 0 spiro atoms. The number of carboxylic acids is 1. The van der Waals surface area contributed by atoms with Crippen LogP contribution >= 0.6 is 0 Å². The molecule has 1 aromatic carbocycles. The minimum Gasteiger partial charge on any atom is -0.478 e. The number of aromatic carboxylic acids is 1. The number of carbonyl (C=O) groups is 1. The van der Waals surface area contributed by atoms with Gasteiger partial charge in [-0.3, -0.25) is 0 Å². The number of rotatable bonds is 6. The van der Waals surface area contributed by atoms with E-state index in [4.69, 9.17) is 5.11 Å². The van der Waals surface area contributed by atoms with E-state index in [0.717, 1.165) is 6.26 Å². The van der Waals surface area contributed by atoms with Crippen molar-refractivity contribution in [2.24, 2.45) is 0 Å². The Balaban J connectivity index is 2.10. The minimum atomic E-state index is -3.20. The first-order valence-electron chi connectivity index (χ1n) is 5.88. The summed E-state index contributed by atoms with van der Waals surface area (Å²) >= 11 is 0. The molecule has 2 N–H and O–H groups in total. The lowest BCUT2D eigenvalue weighted by Crippen LogP contribution is -2.24. The van der Waals surface area contributed by atoms with Crippen molar-refractivity contribution < 1.29 is 18.3 Å². The lowest BCUT2D eigenvalue weighted by Gasteiger charge is -2.03. The van der Waals surface area contributed by atoms with Gasteiger partial charge in [0.1, 0.15) is 5.52 Å². The number of fused-ring (bicyclic) bond motifs is 1. The molecule has 2 rings (SSSR count). The predicted molar refractivity (Wildman–Crippen MR) is 72.0 cm³/mol. The lowest BCUT2D eigenvalue weighted by atomic mass is 10.2. The summed E-state index contributed by atoms with van der Waals surface area (Å²) in [5, 5.41) is 16.8. The first kappa shape index (κ1) is 14.4. The fraction of sp³-hybridized carbons (Fsp3) is 0.364. The van der Waals surface area contributed by atoms with E-state index in [2.05, 4.69) is 15.0 Å². The van der Waals surface area contributed by atoms with Crippen LogP contribution in [0.2, 0.25) is 0 Å². The smallest absolute Gasteiger partial charge is 0.335 e. The van der Waals surface area contributed by atoms with E-state index < -0.39 is 16.0 Å². The molecule has 0 aliphatic heterocycles. The number of benzene rings is 1. The Bertz CT molecular complexity index is 738. The van der Waals surface area contributed by atoms with Gasteiger partial charge in [0, 0.05) is 13.1 Å². The number of aryl methyl sites for hydroxylation is 1. The van der Waals surface area contributed by atoms with E-state index >= 15 is 0 Å². The molecule has 9 heteroatoms. The van der Waals surface area contributed by atoms with Crippen LogP contribution in [0.25, 0.3) is 11.0 Å². The van der Waals surface area contributed by atoms with E-state index in [-0.39, 0.29) is 5.56 Å². The zero-order valence-electron chi connectivity index (χ0n) is 10.8. The van der Waals surface area contributed by atoms with Gasteiger partial charge >= 0.3 is 5.97 Å². The van der Waals surface area contributed by atoms with Gasteiger partial charge in [-0.15, -0.1) is 5.10 Å². The summed E-state index contributed by atoms with van der Waals surface area (Å²) < 4.78 is 25.8. The molecule has 0 saturated carbocycles. The van der Waals surface area contributed by atoms with Gasteiger partial charge < -0.3 is 5.11 Å². The molecule has 0 bridgehead atoms. The molecule has 0 aliphatic rings. The number of hydrogen-bond donors (Lipinski definition) is 2. The molecule has 1 aromatic heterocycles. The number of aromatic nitrogens is 3. The third-order valence-electron chi connectivity index (χ3n) is 2.67. The number of carboxylic acid groups (broad SMARTS) is 1. The highest BCUT2D eigenvalue weighted by atomic mass is 32.2. The fourth-order valence-electron chi connectivity index (χ4n) is 1.75. The summed E-state index contributed by atoms with van der Waals surface area (Å²) in [7, 11) is -3.20. The number of nitrogens with one attached hydrogen (secondary N) is 1. The van der Waals surface area contributed by atoms with Gasteiger partial charge in [0.25, 0.3) is 0 Å². The van der Waals surface area contributed by atoms with Gasteiger partial charge in [-0.1, -0.05) is 5.21 Å². The molecule has 1 heterocycles. The average Bonchev–Trinajstić information content (AvgIpc) is 2.76. The van der Waals surface area contributed by atoms with Crippen LogP contribution in [0, 0.1) is 0 Å². The second-order valence-electron chi connectivity index (χ2n) is 4.34. The number of sulfonamides is 1. The summed E-state index contributed by atoms with van der Waals surface area (Å²) in [5.74, 6) is -1.02. The lowest BCUT2D eigenvalue weighted by molar-refractivity contribution is 0.0697. The molecule has 0 amide bonds. The van der Waals surface area contributed by atoms with Gasteiger partial charge in [-0.05, 0) is 24.6 Å². The summed E-state index contributed by atoms with van der Waals surface area (Å²) in [5.41, 5.74) is 1.38. The summed E-state index contributed by atoms with van der Waals surface area (Å²) in [6.07, 6.45) is 1.62. The van der Waals surface area contributed by atoms with Crippen molar-refractivity contribution in [1.29, 1.82) is 0 Å². The van der Waals surface area contributed by atoms with Crippen LogP contribution < -0.4 is 4.72 Å². The zero-order valence-corrected chi connectivity index (χ0v) is 11.6. The molecule has 0 radical (unpaired) electrons. The number of hydrogen-bond acceptors (Lipinski definition) is 5. The molecular formula is C11H14N4O4S. The molecular weight excluding hydrogens is 284 g/mol. The van der Waals surface area contributed by atoms with Crippen LogP contribution in [-0.4, -0.2) is 47.3 Å². The van der Waals surface area contributed by atoms with E-state index in [0.29, 0.717) is 30.5 Å². The van der Waals surface area contributed by atoms with E-state index in [1.54, 1.807) is 10.7 Å². The molecule has 0 unspecified atom stereocenters. The summed E-state index contributed by atoms with van der Waals surface area (Å²) in [4.78, 5) is 10.9. The third kappa shape index (κ3) is 3.52. The maximum Gasteiger partial charge on any atom is 0.335 e. The Morgan fingerprint density at radius 1 is 1.45 bits per heavy atom. The van der Waals surface area contributed by atoms with Crippen molar-refractivity contribution >= 4 is 27.0 Å². The molecule has 0 aliphatic carbocycles. The Morgan fingerprint density at radius 2 is 2.20 bits per heavy atom. The molecule has 20 heavy (non-hydrogen) atoms. The van der Waals surface area contributed by atoms with Gasteiger partial charge in [0.2, 0.25) is 10.0 Å². The van der Waals surface area contributed by atoms with Crippen LogP contribution in [0.5, 0.6) is 0 Å². The standard InChI is InChI=1S/C11H14N4O4S/c1-20(18,19)12-5-2-6-15-10-7-8(11(16)17)3-4-9(10)13-14-15/h3-4,7,12H,2,5-6H2,1H3,(H,16,17). The Morgan fingerprint density at radius 3 is 2.85 bits per heavy atom. The molecule has 2 aromatic rings. The Labute approximate surface area is 115 Å². The minimum absolute atomic E-state index is 0.162. The summed E-state index contributed by atoms with van der Waals surface area (Å²) in [6.45, 7) is 0.737. The van der Waals surface area contributed by atoms with Crippen LogP contribution in [0.3, 0.4) is 0 Å². The summed E-state index contributed by atoms with van der Waals surface area (Å²) in [6, 6.07) is 4.56. The molecule has 0 saturated heterocycles. The zero-order chi connectivity index (χ0) is 14.8. The van der Waals surface area contributed by atoms with E-state index in [9.17, 15) is 13.2 Å². The van der Waals surface area contributed by atoms with E-state index in [1.807, 2.05) is 0 Å². The van der Waals surface area contributed by atoms with E-state index in [1.165, 1.54) is 12.1 Å². The highest BCUT2D eigenvalue weighted by Gasteiger charge is 2.09. The van der Waals surface area contributed by atoms with Crippen molar-refractivity contribution in [3.05, 3.63) is 23.8 Å². The maximum absolute atomic E-state index is 10.9. The second kappa shape index (κ2) is 5.55. The largest absolute Gasteiger partial charge is 0.478 e. The van der Waals surface area contributed by atoms with Gasteiger partial charge in [0.15, 0.2) is 0 Å². The van der Waals surface area contributed by atoms with Crippen LogP contribution in [0.15, 0.2) is 18.2 Å². The monoisotopic (exact) mass is 298 g/mol. The second-order valence-corrected chi connectivity index (χ2v) is 6.17. The van der Waals surface area contributed by atoms with Crippen LogP contribution in [-0.2, 0) is 16.6 Å². The van der Waals surface area contributed by atoms with Crippen molar-refractivity contribution in [3.63, 3.8) is 0 Å². The Hall–Kier alpha value is -2.00. The third-order valence-corrected chi connectivity index (χ3v) is 3.40. The number of nitrogens with zero attached hydrogens (tertiary/aromatic N) is 3. The molecule has 108 valence electrons. The van der Waals surface area contributed by atoms with Gasteiger partial charge in [-0.2, -0.15) is 0 Å². The molecule has 0 fully saturated rings. The van der Waals surface area contributed by atoms with Crippen LogP contribution in [0.1, 0.15) is 16.8 Å². The van der Waals surface area contributed by atoms with Crippen molar-refractivity contribution in [1.82, 2.24) is 19.7 Å². The van der Waals surface area contributed by atoms with Crippen molar-refractivity contribution in [2.75, 3.05) is 12.8 Å². The predicted octanol–water partition coefficient (Wildman–Crippen LogP) is 0.0688. The highest BCUT2D eigenvalue weighted by molar-refractivity contribution is 7.88. The van der Waals surface area contributed by atoms with Crippen molar-refractivity contribution in [3.8, 4) is 0 Å². The SMILES string of the molecule is CS(=O)(=O)NCCCn1nnc2ccc(C(=O)O)cc21. The van der Waals surface area contributed by atoms with Gasteiger partial charge in [0.05, 0.1) is 17.3 Å².